The SMILES string of the molecule is Cc1cn([C@H]2C[C@H](O)[C@@H](CO)O2)c(=O)[nH]c1=O.O=C1CNCCN1. The molecule has 0 radical (unpaired) electrons. The maximum Gasteiger partial charge on any atom is 0.330 e. The monoisotopic (exact) mass is 342 g/mol. The van der Waals surface area contributed by atoms with Crippen molar-refractivity contribution in [3.05, 3.63) is 32.6 Å². The molecule has 1 aromatic rings. The van der Waals surface area contributed by atoms with Crippen LogP contribution in [0.5, 0.6) is 0 Å². The Labute approximate surface area is 137 Å². The van der Waals surface area contributed by atoms with Crippen LogP contribution in [-0.4, -0.2) is 64.1 Å². The van der Waals surface area contributed by atoms with Gasteiger partial charge in [0.1, 0.15) is 12.3 Å². The molecular formula is C14H22N4O6. The third kappa shape index (κ3) is 4.51. The van der Waals surface area contributed by atoms with Gasteiger partial charge in [-0.05, 0) is 6.92 Å². The first-order valence-electron chi connectivity index (χ1n) is 7.66. The van der Waals surface area contributed by atoms with Gasteiger partial charge in [0.15, 0.2) is 0 Å². The fourth-order valence-electron chi connectivity index (χ4n) is 2.40. The van der Waals surface area contributed by atoms with Crippen molar-refractivity contribution in [2.24, 2.45) is 0 Å². The Balaban J connectivity index is 0.000000249. The highest BCUT2D eigenvalue weighted by molar-refractivity contribution is 5.78. The smallest absolute Gasteiger partial charge is 0.330 e. The zero-order chi connectivity index (χ0) is 17.7. The number of aliphatic hydroxyl groups excluding tert-OH is 2. The molecule has 134 valence electrons. The first-order chi connectivity index (χ1) is 11.4. The summed E-state index contributed by atoms with van der Waals surface area (Å²) in [4.78, 5) is 35.2. The zero-order valence-electron chi connectivity index (χ0n) is 13.3. The van der Waals surface area contributed by atoms with E-state index in [9.17, 15) is 19.5 Å². The summed E-state index contributed by atoms with van der Waals surface area (Å²) in [6.45, 7) is 3.43. The predicted molar refractivity (Wildman–Crippen MR) is 83.6 cm³/mol. The van der Waals surface area contributed by atoms with Gasteiger partial charge in [-0.2, -0.15) is 0 Å². The number of ether oxygens (including phenoxy) is 1. The molecule has 2 saturated heterocycles. The van der Waals surface area contributed by atoms with Gasteiger partial charge in [0.25, 0.3) is 5.56 Å². The van der Waals surface area contributed by atoms with Gasteiger partial charge >= 0.3 is 5.69 Å². The highest BCUT2D eigenvalue weighted by atomic mass is 16.5. The summed E-state index contributed by atoms with van der Waals surface area (Å²) in [7, 11) is 0. The second-order valence-corrected chi connectivity index (χ2v) is 5.62. The van der Waals surface area contributed by atoms with Crippen molar-refractivity contribution in [2.75, 3.05) is 26.2 Å². The number of hydrogen-bond donors (Lipinski definition) is 5. The number of amides is 1. The molecule has 24 heavy (non-hydrogen) atoms. The van der Waals surface area contributed by atoms with Crippen LogP contribution < -0.4 is 21.9 Å². The summed E-state index contributed by atoms with van der Waals surface area (Å²) < 4.78 is 6.54. The van der Waals surface area contributed by atoms with Gasteiger partial charge in [-0.1, -0.05) is 0 Å². The highest BCUT2D eigenvalue weighted by Crippen LogP contribution is 2.27. The molecule has 3 heterocycles. The molecule has 3 rings (SSSR count). The van der Waals surface area contributed by atoms with Crippen molar-refractivity contribution in [1.29, 1.82) is 0 Å². The maximum absolute atomic E-state index is 11.6. The van der Waals surface area contributed by atoms with Gasteiger partial charge in [-0.3, -0.25) is 19.1 Å². The van der Waals surface area contributed by atoms with Gasteiger partial charge < -0.3 is 25.6 Å². The molecule has 3 atom stereocenters. The van der Waals surface area contributed by atoms with Gasteiger partial charge in [0.2, 0.25) is 5.91 Å². The summed E-state index contributed by atoms with van der Waals surface area (Å²) in [6.07, 6.45) is -0.581. The zero-order valence-corrected chi connectivity index (χ0v) is 13.3. The van der Waals surface area contributed by atoms with Crippen molar-refractivity contribution < 1.29 is 19.7 Å². The van der Waals surface area contributed by atoms with Crippen molar-refractivity contribution in [1.82, 2.24) is 20.2 Å². The number of aromatic nitrogens is 2. The fourth-order valence-corrected chi connectivity index (χ4v) is 2.40. The van der Waals surface area contributed by atoms with E-state index in [1.807, 2.05) is 0 Å². The number of rotatable bonds is 2. The van der Waals surface area contributed by atoms with Crippen LogP contribution in [0, 0.1) is 6.92 Å². The number of hydrogen-bond acceptors (Lipinski definition) is 7. The van der Waals surface area contributed by atoms with Gasteiger partial charge in [0.05, 0.1) is 19.3 Å². The lowest BCUT2D eigenvalue weighted by Gasteiger charge is -2.14. The third-order valence-corrected chi connectivity index (χ3v) is 3.75. The van der Waals surface area contributed by atoms with E-state index in [-0.39, 0.29) is 18.9 Å². The number of nitrogens with zero attached hydrogens (tertiary/aromatic N) is 1. The van der Waals surface area contributed by atoms with E-state index in [1.165, 1.54) is 10.8 Å². The Morgan fingerprint density at radius 3 is 2.58 bits per heavy atom. The standard InChI is InChI=1S/C10H14N2O5.C4H8N2O/c1-5-3-12(10(16)11-9(5)15)8-2-6(14)7(4-13)17-8;7-4-3-5-1-2-6-4/h3,6-8,13-14H,2,4H2,1H3,(H,11,15,16);5H,1-3H2,(H,6,7)/t6-,7+,8+;/m0./s1. The number of H-pyrrole nitrogens is 1. The Morgan fingerprint density at radius 2 is 2.08 bits per heavy atom. The van der Waals surface area contributed by atoms with E-state index in [0.29, 0.717) is 12.1 Å². The molecule has 2 aliphatic heterocycles. The number of aryl methyl sites for hydroxylation is 1. The predicted octanol–water partition coefficient (Wildman–Crippen LogP) is -2.81. The van der Waals surface area contributed by atoms with Crippen LogP contribution in [0.25, 0.3) is 0 Å². The summed E-state index contributed by atoms with van der Waals surface area (Å²) in [5.74, 6) is 0.103. The molecule has 0 saturated carbocycles. The topological polar surface area (TPSA) is 146 Å². The Morgan fingerprint density at radius 1 is 1.33 bits per heavy atom. The Bertz CT molecular complexity index is 677. The molecule has 1 amide bonds. The number of carbonyl (C=O) groups is 1. The van der Waals surface area contributed by atoms with E-state index < -0.39 is 29.7 Å². The fraction of sp³-hybridized carbons (Fsp3) is 0.643. The molecular weight excluding hydrogens is 320 g/mol. The van der Waals surface area contributed by atoms with Gasteiger partial charge in [-0.15, -0.1) is 0 Å². The minimum absolute atomic E-state index is 0.103. The number of aliphatic hydroxyl groups is 2. The molecule has 0 unspecified atom stereocenters. The van der Waals surface area contributed by atoms with Crippen molar-refractivity contribution >= 4 is 5.91 Å². The van der Waals surface area contributed by atoms with E-state index >= 15 is 0 Å². The van der Waals surface area contributed by atoms with E-state index in [0.717, 1.165) is 13.1 Å². The summed E-state index contributed by atoms with van der Waals surface area (Å²) in [5.41, 5.74) is -0.643. The molecule has 1 aromatic heterocycles. The molecule has 0 aromatic carbocycles. The van der Waals surface area contributed by atoms with Crippen molar-refractivity contribution in [3.63, 3.8) is 0 Å². The van der Waals surface area contributed by atoms with Crippen molar-refractivity contribution in [3.8, 4) is 0 Å². The molecule has 2 aliphatic rings. The molecule has 0 bridgehead atoms. The molecule has 0 aliphatic carbocycles. The third-order valence-electron chi connectivity index (χ3n) is 3.75. The number of aromatic amines is 1. The lowest BCUT2D eigenvalue weighted by Crippen LogP contribution is -2.44. The lowest BCUT2D eigenvalue weighted by atomic mass is 10.2. The lowest BCUT2D eigenvalue weighted by molar-refractivity contribution is -0.121. The number of carbonyl (C=O) groups excluding carboxylic acids is 1. The second kappa shape index (κ2) is 8.20. The van der Waals surface area contributed by atoms with Crippen LogP contribution in [0.15, 0.2) is 15.8 Å². The Hall–Kier alpha value is -2.01. The summed E-state index contributed by atoms with van der Waals surface area (Å²) >= 11 is 0. The van der Waals surface area contributed by atoms with Gasteiger partial charge in [-0.25, -0.2) is 4.79 Å². The first-order valence-corrected chi connectivity index (χ1v) is 7.66. The largest absolute Gasteiger partial charge is 0.394 e. The van der Waals surface area contributed by atoms with Gasteiger partial charge in [0, 0.05) is 31.3 Å². The average molecular weight is 342 g/mol. The van der Waals surface area contributed by atoms with E-state index in [2.05, 4.69) is 15.6 Å². The quantitative estimate of drug-likeness (QED) is 0.390. The number of piperazine rings is 1. The summed E-state index contributed by atoms with van der Waals surface area (Å²) in [6, 6.07) is 0. The molecule has 0 spiro atoms. The molecule has 10 nitrogen and oxygen atoms in total. The van der Waals surface area contributed by atoms with Crippen LogP contribution in [0.1, 0.15) is 18.2 Å². The van der Waals surface area contributed by atoms with Crippen LogP contribution in [0.2, 0.25) is 0 Å². The maximum atomic E-state index is 11.6. The average Bonchev–Trinajstić information content (AvgIpc) is 2.93. The minimum atomic E-state index is -0.816. The van der Waals surface area contributed by atoms with Crippen LogP contribution >= 0.6 is 0 Å². The summed E-state index contributed by atoms with van der Waals surface area (Å²) in [5, 5.41) is 24.1. The number of nitrogens with one attached hydrogen (secondary N) is 3. The minimum Gasteiger partial charge on any atom is -0.394 e. The van der Waals surface area contributed by atoms with Crippen LogP contribution in [-0.2, 0) is 9.53 Å². The van der Waals surface area contributed by atoms with Crippen LogP contribution in [0.4, 0.5) is 0 Å². The Kier molecular flexibility index (Phi) is 6.26. The second-order valence-electron chi connectivity index (χ2n) is 5.62. The van der Waals surface area contributed by atoms with Crippen LogP contribution in [0.3, 0.4) is 0 Å². The highest BCUT2D eigenvalue weighted by Gasteiger charge is 2.34. The molecule has 5 N–H and O–H groups in total. The molecule has 2 fully saturated rings. The molecule has 10 heteroatoms. The normalized spacial score (nSPS) is 26.5. The van der Waals surface area contributed by atoms with E-state index in [4.69, 9.17) is 9.84 Å². The van der Waals surface area contributed by atoms with E-state index in [1.54, 1.807) is 6.92 Å². The van der Waals surface area contributed by atoms with Crippen molar-refractivity contribution in [2.45, 2.75) is 31.8 Å². The first kappa shape index (κ1) is 18.3.